The van der Waals surface area contributed by atoms with Gasteiger partial charge in [0, 0.05) is 25.3 Å². The zero-order chi connectivity index (χ0) is 13.9. The standard InChI is InChI=1S/C16H24BrNO/c1-18(16(19)12-5-7-13-17)14-8-6-11-15-9-3-2-4-10-15/h2-4,9-10H,5-8,11-14H2,1H3. The van der Waals surface area contributed by atoms with Gasteiger partial charge in [-0.2, -0.15) is 0 Å². The molecule has 0 radical (unpaired) electrons. The molecule has 1 amide bonds. The van der Waals surface area contributed by atoms with E-state index < -0.39 is 0 Å². The lowest BCUT2D eigenvalue weighted by Crippen LogP contribution is -2.27. The predicted molar refractivity (Wildman–Crippen MR) is 84.7 cm³/mol. The van der Waals surface area contributed by atoms with E-state index in [4.69, 9.17) is 0 Å². The van der Waals surface area contributed by atoms with Crippen LogP contribution < -0.4 is 0 Å². The Morgan fingerprint density at radius 3 is 2.53 bits per heavy atom. The maximum atomic E-state index is 11.8. The van der Waals surface area contributed by atoms with Crippen molar-refractivity contribution in [2.75, 3.05) is 18.9 Å². The number of hydrogen-bond donors (Lipinski definition) is 0. The molecule has 0 saturated carbocycles. The molecule has 0 aliphatic heterocycles. The number of hydrogen-bond acceptors (Lipinski definition) is 1. The first-order valence-electron chi connectivity index (χ1n) is 7.08. The molecule has 0 N–H and O–H groups in total. The van der Waals surface area contributed by atoms with E-state index >= 15 is 0 Å². The number of aryl methyl sites for hydroxylation is 1. The van der Waals surface area contributed by atoms with Crippen molar-refractivity contribution < 1.29 is 4.79 Å². The minimum atomic E-state index is 0.278. The van der Waals surface area contributed by atoms with Gasteiger partial charge in [0.05, 0.1) is 0 Å². The molecular weight excluding hydrogens is 302 g/mol. The first-order valence-corrected chi connectivity index (χ1v) is 8.20. The summed E-state index contributed by atoms with van der Waals surface area (Å²) in [6.45, 7) is 0.875. The molecule has 2 nitrogen and oxygen atoms in total. The Balaban J connectivity index is 2.09. The number of carbonyl (C=O) groups is 1. The quantitative estimate of drug-likeness (QED) is 0.495. The lowest BCUT2D eigenvalue weighted by atomic mass is 10.1. The maximum absolute atomic E-state index is 11.8. The van der Waals surface area contributed by atoms with E-state index in [9.17, 15) is 4.79 Å². The minimum Gasteiger partial charge on any atom is -0.346 e. The molecule has 0 bridgehead atoms. The van der Waals surface area contributed by atoms with Gasteiger partial charge < -0.3 is 4.90 Å². The third-order valence-electron chi connectivity index (χ3n) is 3.25. The van der Waals surface area contributed by atoms with Crippen LogP contribution in [0, 0.1) is 0 Å². The Labute approximate surface area is 125 Å². The van der Waals surface area contributed by atoms with Crippen molar-refractivity contribution in [3.63, 3.8) is 0 Å². The van der Waals surface area contributed by atoms with Crippen LogP contribution in [0.2, 0.25) is 0 Å². The zero-order valence-corrected chi connectivity index (χ0v) is 13.4. The van der Waals surface area contributed by atoms with Crippen LogP contribution in [0.4, 0.5) is 0 Å². The van der Waals surface area contributed by atoms with Crippen LogP contribution in [-0.2, 0) is 11.2 Å². The van der Waals surface area contributed by atoms with Crippen LogP contribution in [0.15, 0.2) is 30.3 Å². The second kappa shape index (κ2) is 10.0. The largest absolute Gasteiger partial charge is 0.346 e. The van der Waals surface area contributed by atoms with E-state index in [1.807, 2.05) is 18.0 Å². The van der Waals surface area contributed by atoms with Gasteiger partial charge in [0.2, 0.25) is 5.91 Å². The average Bonchev–Trinajstić information content (AvgIpc) is 2.44. The topological polar surface area (TPSA) is 20.3 Å². The number of amides is 1. The van der Waals surface area contributed by atoms with Gasteiger partial charge in [-0.05, 0) is 37.7 Å². The molecular formula is C16H24BrNO. The molecule has 0 spiro atoms. The molecule has 0 aliphatic carbocycles. The number of carbonyl (C=O) groups excluding carboxylic acids is 1. The fourth-order valence-corrected chi connectivity index (χ4v) is 2.41. The number of alkyl halides is 1. The van der Waals surface area contributed by atoms with Crippen molar-refractivity contribution in [1.82, 2.24) is 4.90 Å². The molecule has 0 fully saturated rings. The van der Waals surface area contributed by atoms with Gasteiger partial charge in [-0.3, -0.25) is 4.79 Å². The van der Waals surface area contributed by atoms with Gasteiger partial charge in [-0.25, -0.2) is 0 Å². The van der Waals surface area contributed by atoms with E-state index in [0.717, 1.165) is 44.0 Å². The van der Waals surface area contributed by atoms with Crippen molar-refractivity contribution in [3.05, 3.63) is 35.9 Å². The fourth-order valence-electron chi connectivity index (χ4n) is 2.01. The molecule has 0 unspecified atom stereocenters. The molecule has 106 valence electrons. The molecule has 1 rings (SSSR count). The monoisotopic (exact) mass is 325 g/mol. The first kappa shape index (κ1) is 16.2. The summed E-state index contributed by atoms with van der Waals surface area (Å²) in [5.74, 6) is 0.278. The molecule has 0 aromatic heterocycles. The van der Waals surface area contributed by atoms with Gasteiger partial charge in [0.1, 0.15) is 0 Å². The third-order valence-corrected chi connectivity index (χ3v) is 3.81. The van der Waals surface area contributed by atoms with Crippen molar-refractivity contribution in [1.29, 1.82) is 0 Å². The normalized spacial score (nSPS) is 10.4. The molecule has 3 heteroatoms. The predicted octanol–water partition coefficient (Wildman–Crippen LogP) is 4.03. The highest BCUT2D eigenvalue weighted by Gasteiger charge is 2.07. The van der Waals surface area contributed by atoms with Crippen LogP contribution in [0.3, 0.4) is 0 Å². The maximum Gasteiger partial charge on any atom is 0.222 e. The Hall–Kier alpha value is -0.830. The zero-order valence-electron chi connectivity index (χ0n) is 11.8. The Kier molecular flexibility index (Phi) is 8.55. The molecule has 0 atom stereocenters. The summed E-state index contributed by atoms with van der Waals surface area (Å²) in [5.41, 5.74) is 1.38. The number of rotatable bonds is 9. The summed E-state index contributed by atoms with van der Waals surface area (Å²) < 4.78 is 0. The van der Waals surface area contributed by atoms with E-state index in [1.165, 1.54) is 5.56 Å². The summed E-state index contributed by atoms with van der Waals surface area (Å²) in [6, 6.07) is 10.5. The Morgan fingerprint density at radius 1 is 1.11 bits per heavy atom. The molecule has 0 heterocycles. The van der Waals surface area contributed by atoms with Gasteiger partial charge in [0.25, 0.3) is 0 Å². The highest BCUT2D eigenvalue weighted by Crippen LogP contribution is 2.06. The Bertz CT molecular complexity index is 353. The van der Waals surface area contributed by atoms with Gasteiger partial charge in [0.15, 0.2) is 0 Å². The second-order valence-electron chi connectivity index (χ2n) is 4.90. The molecule has 0 aliphatic rings. The molecule has 1 aromatic rings. The first-order chi connectivity index (χ1) is 9.24. The summed E-state index contributed by atoms with van der Waals surface area (Å²) in [6.07, 6.45) is 6.07. The van der Waals surface area contributed by atoms with E-state index in [-0.39, 0.29) is 5.91 Å². The Morgan fingerprint density at radius 2 is 1.84 bits per heavy atom. The fraction of sp³-hybridized carbons (Fsp3) is 0.562. The van der Waals surface area contributed by atoms with Crippen molar-refractivity contribution in [3.8, 4) is 0 Å². The average molecular weight is 326 g/mol. The second-order valence-corrected chi connectivity index (χ2v) is 5.70. The van der Waals surface area contributed by atoms with E-state index in [1.54, 1.807) is 0 Å². The van der Waals surface area contributed by atoms with Crippen LogP contribution in [0.25, 0.3) is 0 Å². The van der Waals surface area contributed by atoms with Gasteiger partial charge in [-0.15, -0.1) is 0 Å². The van der Waals surface area contributed by atoms with Crippen molar-refractivity contribution in [2.24, 2.45) is 0 Å². The van der Waals surface area contributed by atoms with Crippen molar-refractivity contribution in [2.45, 2.75) is 38.5 Å². The number of unbranched alkanes of at least 4 members (excludes halogenated alkanes) is 2. The summed E-state index contributed by atoms with van der Waals surface area (Å²) >= 11 is 3.39. The molecule has 0 saturated heterocycles. The number of benzene rings is 1. The summed E-state index contributed by atoms with van der Waals surface area (Å²) in [7, 11) is 1.92. The highest BCUT2D eigenvalue weighted by molar-refractivity contribution is 9.09. The molecule has 1 aromatic carbocycles. The highest BCUT2D eigenvalue weighted by atomic mass is 79.9. The number of halogens is 1. The third kappa shape index (κ3) is 7.36. The van der Waals surface area contributed by atoms with Crippen LogP contribution in [-0.4, -0.2) is 29.7 Å². The van der Waals surface area contributed by atoms with Gasteiger partial charge in [-0.1, -0.05) is 46.3 Å². The summed E-state index contributed by atoms with van der Waals surface area (Å²) in [4.78, 5) is 13.7. The van der Waals surface area contributed by atoms with Crippen LogP contribution >= 0.6 is 15.9 Å². The number of nitrogens with zero attached hydrogens (tertiary/aromatic N) is 1. The van der Waals surface area contributed by atoms with Crippen LogP contribution in [0.5, 0.6) is 0 Å². The lowest BCUT2D eigenvalue weighted by Gasteiger charge is -2.16. The van der Waals surface area contributed by atoms with E-state index in [0.29, 0.717) is 6.42 Å². The van der Waals surface area contributed by atoms with Crippen LogP contribution in [0.1, 0.15) is 37.7 Å². The SMILES string of the molecule is CN(CCCCc1ccccc1)C(=O)CCCCBr. The van der Waals surface area contributed by atoms with E-state index in [2.05, 4.69) is 40.2 Å². The minimum absolute atomic E-state index is 0.278. The lowest BCUT2D eigenvalue weighted by molar-refractivity contribution is -0.130. The summed E-state index contributed by atoms with van der Waals surface area (Å²) in [5, 5.41) is 0.987. The smallest absolute Gasteiger partial charge is 0.222 e. The molecule has 19 heavy (non-hydrogen) atoms. The van der Waals surface area contributed by atoms with Gasteiger partial charge >= 0.3 is 0 Å². The van der Waals surface area contributed by atoms with Crippen molar-refractivity contribution >= 4 is 21.8 Å².